The zero-order valence-corrected chi connectivity index (χ0v) is 11.1. The lowest BCUT2D eigenvalue weighted by Crippen LogP contribution is -2.54. The highest BCUT2D eigenvalue weighted by Gasteiger charge is 2.75. The number of anilines is 1. The van der Waals surface area contributed by atoms with E-state index in [9.17, 15) is 43.9 Å². The SMILES string of the molecule is FC(F)(F)C1C(C(F)(F)C(F)(F)F)=NN(c2ccccc2)C1(F)F. The van der Waals surface area contributed by atoms with E-state index < -0.39 is 46.6 Å². The third-order valence-electron chi connectivity index (χ3n) is 3.12. The van der Waals surface area contributed by atoms with E-state index in [4.69, 9.17) is 0 Å². The number of rotatable bonds is 2. The fraction of sp³-hybridized carbons (Fsp3) is 0.417. The molecule has 0 saturated heterocycles. The van der Waals surface area contributed by atoms with E-state index in [0.29, 0.717) is 0 Å². The maximum atomic E-state index is 14.0. The van der Waals surface area contributed by atoms with Gasteiger partial charge in [-0.15, -0.1) is 0 Å². The lowest BCUT2D eigenvalue weighted by Gasteiger charge is -2.29. The Bertz CT molecular complexity index is 631. The van der Waals surface area contributed by atoms with Crippen molar-refractivity contribution in [2.45, 2.75) is 24.3 Å². The maximum absolute atomic E-state index is 14.0. The van der Waals surface area contributed by atoms with Crippen molar-refractivity contribution in [2.24, 2.45) is 11.0 Å². The molecule has 12 heteroatoms. The van der Waals surface area contributed by atoms with E-state index in [1.54, 1.807) is 0 Å². The van der Waals surface area contributed by atoms with Crippen molar-refractivity contribution in [3.05, 3.63) is 30.3 Å². The third kappa shape index (κ3) is 2.77. The molecule has 1 atom stereocenters. The number of hydrogen-bond acceptors (Lipinski definition) is 2. The molecular formula is C12H6F10N2. The molecule has 0 aliphatic carbocycles. The van der Waals surface area contributed by atoms with Gasteiger partial charge < -0.3 is 0 Å². The largest absolute Gasteiger partial charge is 0.459 e. The number of halogens is 10. The average molecular weight is 368 g/mol. The van der Waals surface area contributed by atoms with Crippen molar-refractivity contribution in [2.75, 3.05) is 5.01 Å². The maximum Gasteiger partial charge on any atom is 0.459 e. The quantitative estimate of drug-likeness (QED) is 0.539. The molecule has 2 rings (SSSR count). The summed E-state index contributed by atoms with van der Waals surface area (Å²) in [6.07, 6.45) is -12.6. The summed E-state index contributed by atoms with van der Waals surface area (Å²) in [7, 11) is 0. The average Bonchev–Trinajstić information content (AvgIpc) is 2.70. The summed E-state index contributed by atoms with van der Waals surface area (Å²) in [5.41, 5.74) is -3.78. The first-order chi connectivity index (χ1) is 10.7. The number of hydrogen-bond donors (Lipinski definition) is 0. The van der Waals surface area contributed by atoms with Gasteiger partial charge in [-0.25, -0.2) is 5.01 Å². The molecular weight excluding hydrogens is 362 g/mol. The number of hydrazone groups is 1. The Hall–Kier alpha value is -2.01. The molecule has 134 valence electrons. The van der Waals surface area contributed by atoms with Crippen LogP contribution in [0.1, 0.15) is 0 Å². The predicted molar refractivity (Wildman–Crippen MR) is 61.9 cm³/mol. The van der Waals surface area contributed by atoms with Crippen molar-refractivity contribution < 1.29 is 43.9 Å². The lowest BCUT2D eigenvalue weighted by molar-refractivity contribution is -0.259. The lowest BCUT2D eigenvalue weighted by atomic mass is 9.95. The van der Waals surface area contributed by atoms with Gasteiger partial charge in [0.05, 0.1) is 5.69 Å². The van der Waals surface area contributed by atoms with Crippen molar-refractivity contribution in [3.8, 4) is 0 Å². The van der Waals surface area contributed by atoms with Gasteiger partial charge in [-0.1, -0.05) is 18.2 Å². The first-order valence-electron chi connectivity index (χ1n) is 6.04. The monoisotopic (exact) mass is 368 g/mol. The second-order valence-corrected chi connectivity index (χ2v) is 4.77. The van der Waals surface area contributed by atoms with E-state index in [0.717, 1.165) is 24.3 Å². The van der Waals surface area contributed by atoms with Gasteiger partial charge in [0.25, 0.3) is 0 Å². The standard InChI is InChI=1S/C12H6F10N2/c13-9(14,12(20,21)22)8-7(10(15,16)17)11(18,19)24(23-8)6-4-2-1-3-5-6/h1-5,7H. The zero-order chi connectivity index (χ0) is 18.6. The first kappa shape index (κ1) is 18.3. The summed E-state index contributed by atoms with van der Waals surface area (Å²) in [6, 6.07) is -0.163. The van der Waals surface area contributed by atoms with Crippen LogP contribution in [-0.2, 0) is 0 Å². The van der Waals surface area contributed by atoms with Gasteiger partial charge in [0.1, 0.15) is 5.71 Å². The molecule has 0 amide bonds. The van der Waals surface area contributed by atoms with Gasteiger partial charge in [-0.2, -0.15) is 49.0 Å². The fourth-order valence-electron chi connectivity index (χ4n) is 2.06. The minimum atomic E-state index is -6.52. The van der Waals surface area contributed by atoms with Gasteiger partial charge in [0.15, 0.2) is 5.92 Å². The molecule has 0 spiro atoms. The van der Waals surface area contributed by atoms with E-state index in [1.807, 2.05) is 0 Å². The van der Waals surface area contributed by atoms with Crippen LogP contribution < -0.4 is 5.01 Å². The molecule has 0 saturated carbocycles. The van der Waals surface area contributed by atoms with Crippen LogP contribution >= 0.6 is 0 Å². The Morgan fingerprint density at radius 2 is 1.38 bits per heavy atom. The Balaban J connectivity index is 2.65. The summed E-state index contributed by atoms with van der Waals surface area (Å²) in [4.78, 5) is 0. The predicted octanol–water partition coefficient (Wildman–Crippen LogP) is 4.83. The highest BCUT2D eigenvalue weighted by Crippen LogP contribution is 2.52. The van der Waals surface area contributed by atoms with Crippen LogP contribution in [0.5, 0.6) is 0 Å². The van der Waals surface area contributed by atoms with Gasteiger partial charge in [0, 0.05) is 0 Å². The summed E-state index contributed by atoms with van der Waals surface area (Å²) >= 11 is 0. The fourth-order valence-corrected chi connectivity index (χ4v) is 2.06. The van der Waals surface area contributed by atoms with Gasteiger partial charge >= 0.3 is 24.3 Å². The highest BCUT2D eigenvalue weighted by molar-refractivity contribution is 5.98. The Labute approximate surface area is 127 Å². The van der Waals surface area contributed by atoms with Gasteiger partial charge in [0.2, 0.25) is 0 Å². The normalized spacial score (nSPS) is 21.8. The second kappa shape index (κ2) is 5.24. The smallest absolute Gasteiger partial charge is 0.201 e. The minimum absolute atomic E-state index is 0.773. The molecule has 2 nitrogen and oxygen atoms in total. The van der Waals surface area contributed by atoms with Crippen LogP contribution in [0.15, 0.2) is 35.4 Å². The van der Waals surface area contributed by atoms with Crippen LogP contribution in [0.4, 0.5) is 49.6 Å². The molecule has 24 heavy (non-hydrogen) atoms. The summed E-state index contributed by atoms with van der Waals surface area (Å²) in [5, 5.41) is 1.53. The molecule has 1 aromatic rings. The molecule has 0 bridgehead atoms. The van der Waals surface area contributed by atoms with Crippen LogP contribution in [0.2, 0.25) is 0 Å². The molecule has 1 aliphatic heterocycles. The van der Waals surface area contributed by atoms with E-state index in [2.05, 4.69) is 5.10 Å². The van der Waals surface area contributed by atoms with E-state index >= 15 is 0 Å². The molecule has 0 aromatic heterocycles. The Morgan fingerprint density at radius 1 is 0.875 bits per heavy atom. The summed E-state index contributed by atoms with van der Waals surface area (Å²) in [6.45, 7) is 0. The van der Waals surface area contributed by atoms with Crippen molar-refractivity contribution in [1.82, 2.24) is 0 Å². The Kier molecular flexibility index (Phi) is 4.01. The first-order valence-corrected chi connectivity index (χ1v) is 6.04. The van der Waals surface area contributed by atoms with Gasteiger partial charge in [-0.05, 0) is 12.1 Å². The molecule has 1 heterocycles. The molecule has 1 aromatic carbocycles. The third-order valence-corrected chi connectivity index (χ3v) is 3.12. The topological polar surface area (TPSA) is 15.6 Å². The molecule has 0 fully saturated rings. The summed E-state index contributed by atoms with van der Waals surface area (Å²) in [5.74, 6) is -10.6. The van der Waals surface area contributed by atoms with Crippen LogP contribution in [0.25, 0.3) is 0 Å². The van der Waals surface area contributed by atoms with Crippen LogP contribution in [-0.4, -0.2) is 30.0 Å². The van der Waals surface area contributed by atoms with E-state index in [1.165, 1.54) is 6.07 Å². The number of alkyl halides is 10. The Morgan fingerprint density at radius 3 is 1.79 bits per heavy atom. The second-order valence-electron chi connectivity index (χ2n) is 4.77. The highest BCUT2D eigenvalue weighted by atomic mass is 19.4. The number of benzene rings is 1. The van der Waals surface area contributed by atoms with Crippen molar-refractivity contribution >= 4 is 11.4 Å². The molecule has 1 unspecified atom stereocenters. The zero-order valence-electron chi connectivity index (χ0n) is 11.1. The number of nitrogens with zero attached hydrogens (tertiary/aromatic N) is 2. The van der Waals surface area contributed by atoms with Crippen LogP contribution in [0, 0.1) is 5.92 Å². The minimum Gasteiger partial charge on any atom is -0.201 e. The van der Waals surface area contributed by atoms with Gasteiger partial charge in [-0.3, -0.25) is 0 Å². The van der Waals surface area contributed by atoms with Crippen molar-refractivity contribution in [1.29, 1.82) is 0 Å². The molecule has 1 aliphatic rings. The van der Waals surface area contributed by atoms with Crippen LogP contribution in [0.3, 0.4) is 0 Å². The summed E-state index contributed by atoms with van der Waals surface area (Å²) < 4.78 is 130. The van der Waals surface area contributed by atoms with Crippen molar-refractivity contribution in [3.63, 3.8) is 0 Å². The molecule has 0 radical (unpaired) electrons. The number of para-hydroxylation sites is 1. The molecule has 0 N–H and O–H groups in total. The van der Waals surface area contributed by atoms with E-state index in [-0.39, 0.29) is 0 Å².